The Balaban J connectivity index is 1.21. The van der Waals surface area contributed by atoms with Crippen LogP contribution in [0.5, 0.6) is 0 Å². The molecule has 4 aliphatic carbocycles. The number of benzene rings is 1. The van der Waals surface area contributed by atoms with Gasteiger partial charge in [0, 0.05) is 12.5 Å². The van der Waals surface area contributed by atoms with Gasteiger partial charge in [0.15, 0.2) is 0 Å². The van der Waals surface area contributed by atoms with Gasteiger partial charge >= 0.3 is 5.97 Å². The lowest BCUT2D eigenvalue weighted by atomic mass is 9.43. The fourth-order valence-electron chi connectivity index (χ4n) is 10.2. The number of carboxylic acid groups (broad SMARTS) is 1. The van der Waals surface area contributed by atoms with E-state index >= 15 is 0 Å². The largest absolute Gasteiger partial charge is 0.480 e. The van der Waals surface area contributed by atoms with Crippen LogP contribution in [0.3, 0.4) is 0 Å². The highest BCUT2D eigenvalue weighted by Crippen LogP contribution is 2.68. The normalized spacial score (nSPS) is 38.0. The molecule has 0 saturated heterocycles. The van der Waals surface area contributed by atoms with Crippen LogP contribution in [-0.2, 0) is 20.9 Å². The van der Waals surface area contributed by atoms with Crippen molar-refractivity contribution in [3.63, 3.8) is 0 Å². The molecule has 4 aliphatic rings. The molecule has 0 radical (unpaired) electrons. The van der Waals surface area contributed by atoms with Gasteiger partial charge in [-0.25, -0.2) is 0 Å². The van der Waals surface area contributed by atoms with E-state index in [-0.39, 0.29) is 52.7 Å². The fourth-order valence-corrected chi connectivity index (χ4v) is 10.2. The van der Waals surface area contributed by atoms with Gasteiger partial charge in [-0.15, -0.1) is 0 Å². The maximum Gasteiger partial charge on any atom is 0.322 e. The lowest BCUT2D eigenvalue weighted by Crippen LogP contribution is -2.58. The molecule has 9 heteroatoms. The van der Waals surface area contributed by atoms with Crippen LogP contribution in [0.25, 0.3) is 0 Å². The molecule has 9 nitrogen and oxygen atoms in total. The summed E-state index contributed by atoms with van der Waals surface area (Å²) in [4.78, 5) is 34.0. The van der Waals surface area contributed by atoms with Crippen molar-refractivity contribution in [1.29, 1.82) is 0 Å². The first kappa shape index (κ1) is 30.9. The average Bonchev–Trinajstić information content (AvgIpc) is 3.31. The van der Waals surface area contributed by atoms with E-state index in [4.69, 9.17) is 9.84 Å². The number of hydrogen-bond acceptors (Lipinski definition) is 6. The maximum absolute atomic E-state index is 12.2. The molecule has 4 saturated carbocycles. The molecule has 42 heavy (non-hydrogen) atoms. The number of carbonyl (C=O) groups is 2. The second-order valence-electron chi connectivity index (χ2n) is 14.3. The predicted molar refractivity (Wildman–Crippen MR) is 157 cm³/mol. The summed E-state index contributed by atoms with van der Waals surface area (Å²) < 4.78 is 6.27. The first-order valence-electron chi connectivity index (χ1n) is 15.9. The summed E-state index contributed by atoms with van der Waals surface area (Å²) in [6.07, 6.45) is 9.00. The number of nitrogens with zero attached hydrogens (tertiary/aromatic N) is 1. The van der Waals surface area contributed by atoms with Crippen LogP contribution in [0.4, 0.5) is 5.69 Å². The van der Waals surface area contributed by atoms with Gasteiger partial charge in [-0.05, 0) is 110 Å². The predicted octanol–water partition coefficient (Wildman–Crippen LogP) is 5.73. The fraction of sp³-hybridized carbons (Fsp3) is 0.758. The molecule has 1 aromatic carbocycles. The minimum absolute atomic E-state index is 0.0462. The zero-order valence-electron chi connectivity index (χ0n) is 25.3. The zero-order valence-corrected chi connectivity index (χ0v) is 25.3. The van der Waals surface area contributed by atoms with Crippen molar-refractivity contribution in [2.75, 3.05) is 6.54 Å². The highest BCUT2D eigenvalue weighted by molar-refractivity contribution is 5.81. The van der Waals surface area contributed by atoms with Gasteiger partial charge in [0.25, 0.3) is 5.69 Å². The third kappa shape index (κ3) is 5.83. The standard InChI is InChI=1S/C33H48N2O7/c1-20(8-11-29(37)34-18-30(38)39)24-9-10-25-31-26(13-15-33(24,25)3)32(2)14-12-23(16-22(32)17-28(31)36)42-19-21-6-4-5-7-27(21)35(40)41/h4-7,20,22-26,28,31,36H,8-19H2,1-3H3,(H,34,37)(H,38,39)/t20-,22?,23-,24-,25+,26+,28-,31+,32+,33-/m1/s1. The number of nitro benzene ring substituents is 1. The molecule has 1 amide bonds. The topological polar surface area (TPSA) is 139 Å². The molecule has 0 aliphatic heterocycles. The number of nitrogens with one attached hydrogen (secondary N) is 1. The number of aliphatic hydroxyl groups excluding tert-OH is 1. The molecule has 1 unspecified atom stereocenters. The summed E-state index contributed by atoms with van der Waals surface area (Å²) in [5.41, 5.74) is 1.02. The van der Waals surface area contributed by atoms with Crippen molar-refractivity contribution in [2.45, 2.75) is 104 Å². The lowest BCUT2D eigenvalue weighted by molar-refractivity contribution is -0.386. The minimum atomic E-state index is -1.03. The molecule has 3 N–H and O–H groups in total. The molecule has 232 valence electrons. The van der Waals surface area contributed by atoms with Crippen LogP contribution in [0.2, 0.25) is 0 Å². The van der Waals surface area contributed by atoms with Crippen molar-refractivity contribution < 1.29 is 29.5 Å². The number of carboxylic acids is 1. The summed E-state index contributed by atoms with van der Waals surface area (Å²) in [7, 11) is 0. The van der Waals surface area contributed by atoms with Crippen molar-refractivity contribution in [1.82, 2.24) is 5.32 Å². The summed E-state index contributed by atoms with van der Waals surface area (Å²) in [5, 5.41) is 34.4. The molecule has 0 bridgehead atoms. The molecule has 5 rings (SSSR count). The van der Waals surface area contributed by atoms with Crippen LogP contribution in [0, 0.1) is 56.5 Å². The number of para-hydroxylation sites is 1. The Morgan fingerprint density at radius 1 is 1.10 bits per heavy atom. The molecular weight excluding hydrogens is 536 g/mol. The van der Waals surface area contributed by atoms with Crippen LogP contribution in [-0.4, -0.2) is 45.8 Å². The van der Waals surface area contributed by atoms with Gasteiger partial charge in [0.2, 0.25) is 5.91 Å². The molecule has 10 atom stereocenters. The quantitative estimate of drug-likeness (QED) is 0.236. The monoisotopic (exact) mass is 584 g/mol. The maximum atomic E-state index is 12.2. The van der Waals surface area contributed by atoms with Gasteiger partial charge in [0.05, 0.1) is 29.3 Å². The lowest BCUT2D eigenvalue weighted by Gasteiger charge is -2.62. The number of rotatable bonds is 10. The van der Waals surface area contributed by atoms with Gasteiger partial charge in [-0.2, -0.15) is 0 Å². The van der Waals surface area contributed by atoms with Crippen LogP contribution in [0.1, 0.15) is 90.5 Å². The van der Waals surface area contributed by atoms with Gasteiger partial charge in [0.1, 0.15) is 6.54 Å². The third-order valence-corrected chi connectivity index (χ3v) is 12.3. The van der Waals surface area contributed by atoms with E-state index in [0.29, 0.717) is 47.5 Å². The van der Waals surface area contributed by atoms with Crippen molar-refractivity contribution in [3.8, 4) is 0 Å². The first-order valence-corrected chi connectivity index (χ1v) is 15.9. The van der Waals surface area contributed by atoms with Gasteiger partial charge in [-0.1, -0.05) is 32.9 Å². The van der Waals surface area contributed by atoms with Crippen molar-refractivity contribution in [3.05, 3.63) is 39.9 Å². The highest BCUT2D eigenvalue weighted by Gasteiger charge is 2.63. The molecule has 0 heterocycles. The highest BCUT2D eigenvalue weighted by atomic mass is 16.6. The number of carbonyl (C=O) groups excluding carboxylic acids is 1. The second-order valence-corrected chi connectivity index (χ2v) is 14.3. The molecule has 0 aromatic heterocycles. The SMILES string of the molecule is C[C@H](CCC(=O)NCC(=O)O)[C@H]1CC[C@H]2[C@@H]3[C@H](O)CC4C[C@H](OCc5ccccc5[N+](=O)[O-])CC[C@]4(C)[C@H]3CC[C@]12C. The Hall–Kier alpha value is -2.52. The van der Waals surface area contributed by atoms with E-state index in [2.05, 4.69) is 26.1 Å². The number of aliphatic carboxylic acids is 1. The summed E-state index contributed by atoms with van der Waals surface area (Å²) in [5.74, 6) is 1.27. The Morgan fingerprint density at radius 3 is 2.55 bits per heavy atom. The average molecular weight is 585 g/mol. The number of hydrogen-bond donors (Lipinski definition) is 3. The van der Waals surface area contributed by atoms with Crippen molar-refractivity contribution >= 4 is 17.6 Å². The van der Waals surface area contributed by atoms with E-state index in [0.717, 1.165) is 57.8 Å². The third-order valence-electron chi connectivity index (χ3n) is 12.3. The molecular formula is C33H48N2O7. The number of ether oxygens (including phenoxy) is 1. The molecule has 1 aromatic rings. The number of amides is 1. The van der Waals surface area contributed by atoms with E-state index in [1.165, 1.54) is 6.07 Å². The van der Waals surface area contributed by atoms with Crippen LogP contribution >= 0.6 is 0 Å². The Kier molecular flexibility index (Phi) is 9.00. The summed E-state index contributed by atoms with van der Waals surface area (Å²) in [6, 6.07) is 6.78. The van der Waals surface area contributed by atoms with E-state index in [1.807, 2.05) is 6.07 Å². The Bertz CT molecular complexity index is 1170. The van der Waals surface area contributed by atoms with E-state index in [9.17, 15) is 24.8 Å². The molecule has 0 spiro atoms. The number of fused-ring (bicyclic) bond motifs is 5. The summed E-state index contributed by atoms with van der Waals surface area (Å²) >= 11 is 0. The zero-order chi connectivity index (χ0) is 30.2. The van der Waals surface area contributed by atoms with Gasteiger partial charge < -0.3 is 20.3 Å². The Morgan fingerprint density at radius 2 is 1.81 bits per heavy atom. The second kappa shape index (κ2) is 12.2. The van der Waals surface area contributed by atoms with Crippen LogP contribution in [0.15, 0.2) is 24.3 Å². The van der Waals surface area contributed by atoms with E-state index in [1.54, 1.807) is 12.1 Å². The smallest absolute Gasteiger partial charge is 0.322 e. The van der Waals surface area contributed by atoms with Crippen LogP contribution < -0.4 is 5.32 Å². The first-order chi connectivity index (χ1) is 19.9. The van der Waals surface area contributed by atoms with E-state index < -0.39 is 5.97 Å². The van der Waals surface area contributed by atoms with Gasteiger partial charge in [-0.3, -0.25) is 19.7 Å². The molecule has 4 fully saturated rings. The Labute approximate surface area is 248 Å². The minimum Gasteiger partial charge on any atom is -0.480 e. The van der Waals surface area contributed by atoms with Crippen molar-refractivity contribution in [2.24, 2.45) is 46.3 Å². The summed E-state index contributed by atoms with van der Waals surface area (Å²) in [6.45, 7) is 7.03. The number of nitro groups is 1. The number of aliphatic hydroxyl groups is 1.